The molecule has 2 aromatic carbocycles. The van der Waals surface area contributed by atoms with Gasteiger partial charge in [-0.1, -0.05) is 15.9 Å². The number of anilines is 3. The molecule has 0 fully saturated rings. The zero-order valence-corrected chi connectivity index (χ0v) is 11.9. The van der Waals surface area contributed by atoms with Crippen LogP contribution in [-0.4, -0.2) is 6.36 Å². The van der Waals surface area contributed by atoms with Gasteiger partial charge in [-0.15, -0.1) is 13.2 Å². The average Bonchev–Trinajstić information content (AvgIpc) is 2.33. The number of nitrogens with one attached hydrogen (secondary N) is 1. The topological polar surface area (TPSA) is 47.3 Å². The third-order valence-electron chi connectivity index (χ3n) is 2.45. The van der Waals surface area contributed by atoms with Crippen LogP contribution in [0.3, 0.4) is 0 Å². The van der Waals surface area contributed by atoms with Crippen LogP contribution in [0.15, 0.2) is 40.9 Å². The molecule has 0 saturated carbocycles. The Morgan fingerprint density at radius 1 is 1.05 bits per heavy atom. The molecule has 0 radical (unpaired) electrons. The fourth-order valence-electron chi connectivity index (χ4n) is 1.60. The quantitative estimate of drug-likeness (QED) is 0.606. The lowest BCUT2D eigenvalue weighted by Gasteiger charge is -2.16. The molecule has 0 aliphatic heterocycles. The molecule has 0 saturated heterocycles. The van der Waals surface area contributed by atoms with E-state index < -0.39 is 17.9 Å². The molecule has 0 atom stereocenters. The van der Waals surface area contributed by atoms with Gasteiger partial charge < -0.3 is 15.8 Å². The Balaban J connectivity index is 2.35. The third kappa shape index (κ3) is 4.25. The van der Waals surface area contributed by atoms with Crippen LogP contribution < -0.4 is 15.8 Å². The van der Waals surface area contributed by atoms with E-state index in [1.54, 1.807) is 0 Å². The second kappa shape index (κ2) is 5.80. The normalized spacial score (nSPS) is 11.3. The van der Waals surface area contributed by atoms with Crippen LogP contribution in [-0.2, 0) is 0 Å². The molecule has 3 N–H and O–H groups in total. The van der Waals surface area contributed by atoms with Gasteiger partial charge in [0.1, 0.15) is 5.82 Å². The molecule has 0 aromatic heterocycles. The molecule has 21 heavy (non-hydrogen) atoms. The summed E-state index contributed by atoms with van der Waals surface area (Å²) in [5.74, 6) is -0.971. The zero-order valence-electron chi connectivity index (χ0n) is 10.3. The van der Waals surface area contributed by atoms with E-state index in [1.807, 2.05) is 0 Å². The van der Waals surface area contributed by atoms with Crippen LogP contribution in [0.4, 0.5) is 34.6 Å². The van der Waals surface area contributed by atoms with Crippen LogP contribution in [0, 0.1) is 5.82 Å². The Hall–Kier alpha value is -1.96. The van der Waals surface area contributed by atoms with Gasteiger partial charge in [0.2, 0.25) is 0 Å². The third-order valence-corrected chi connectivity index (χ3v) is 2.95. The van der Waals surface area contributed by atoms with E-state index in [-0.39, 0.29) is 17.1 Å². The van der Waals surface area contributed by atoms with E-state index in [0.29, 0.717) is 4.47 Å². The van der Waals surface area contributed by atoms with E-state index in [9.17, 15) is 17.6 Å². The molecule has 8 heteroatoms. The molecule has 0 bridgehead atoms. The number of hydrogen-bond donors (Lipinski definition) is 2. The van der Waals surface area contributed by atoms with Crippen molar-refractivity contribution in [2.24, 2.45) is 0 Å². The molecule has 3 nitrogen and oxygen atoms in total. The Morgan fingerprint density at radius 3 is 2.33 bits per heavy atom. The molecular weight excluding hydrogens is 356 g/mol. The summed E-state index contributed by atoms with van der Waals surface area (Å²) >= 11 is 3.06. The fraction of sp³-hybridized carbons (Fsp3) is 0.0769. The minimum Gasteiger partial charge on any atom is -0.404 e. The van der Waals surface area contributed by atoms with Gasteiger partial charge in [-0.3, -0.25) is 0 Å². The minimum absolute atomic E-state index is 0.0498. The molecule has 0 spiro atoms. The summed E-state index contributed by atoms with van der Waals surface area (Å²) in [5, 5.41) is 2.68. The maximum atomic E-state index is 13.0. The first kappa shape index (κ1) is 15.4. The van der Waals surface area contributed by atoms with Crippen molar-refractivity contribution in [3.63, 3.8) is 0 Å². The van der Waals surface area contributed by atoms with Gasteiger partial charge in [0.25, 0.3) is 0 Å². The minimum atomic E-state index is -4.83. The lowest BCUT2D eigenvalue weighted by Crippen LogP contribution is -2.18. The standard InChI is InChI=1S/C13H9BrF4N2O/c14-7-1-3-11(12(5-7)21-13(16,17)18)20-10-4-2-8(15)6-9(10)19/h1-6,20H,19H2. The van der Waals surface area contributed by atoms with Crippen molar-refractivity contribution in [2.75, 3.05) is 11.1 Å². The lowest BCUT2D eigenvalue weighted by atomic mass is 10.2. The maximum Gasteiger partial charge on any atom is 0.573 e. The smallest absolute Gasteiger partial charge is 0.404 e. The molecule has 0 heterocycles. The number of benzene rings is 2. The predicted octanol–water partition coefficient (Wildman–Crippen LogP) is 4.81. The molecule has 2 aromatic rings. The van der Waals surface area contributed by atoms with Crippen LogP contribution in [0.25, 0.3) is 0 Å². The predicted molar refractivity (Wildman–Crippen MR) is 74.9 cm³/mol. The first-order valence-electron chi connectivity index (χ1n) is 5.62. The first-order chi connectivity index (χ1) is 9.74. The summed E-state index contributed by atoms with van der Waals surface area (Å²) in [5.41, 5.74) is 5.99. The van der Waals surface area contributed by atoms with Gasteiger partial charge >= 0.3 is 6.36 Å². The Labute approximate surface area is 125 Å². The molecule has 0 aliphatic rings. The molecule has 112 valence electrons. The van der Waals surface area contributed by atoms with E-state index >= 15 is 0 Å². The van der Waals surface area contributed by atoms with Crippen LogP contribution in [0.1, 0.15) is 0 Å². The van der Waals surface area contributed by atoms with Gasteiger partial charge in [0.05, 0.1) is 17.1 Å². The zero-order chi connectivity index (χ0) is 15.6. The van der Waals surface area contributed by atoms with Gasteiger partial charge in [-0.2, -0.15) is 0 Å². The van der Waals surface area contributed by atoms with Crippen LogP contribution in [0.2, 0.25) is 0 Å². The highest BCUT2D eigenvalue weighted by Gasteiger charge is 2.32. The van der Waals surface area contributed by atoms with Crippen molar-refractivity contribution in [1.82, 2.24) is 0 Å². The van der Waals surface area contributed by atoms with Crippen molar-refractivity contribution in [3.05, 3.63) is 46.7 Å². The fourth-order valence-corrected chi connectivity index (χ4v) is 1.94. The van der Waals surface area contributed by atoms with E-state index in [4.69, 9.17) is 5.73 Å². The number of nitrogens with two attached hydrogens (primary N) is 1. The van der Waals surface area contributed by atoms with E-state index in [2.05, 4.69) is 26.0 Å². The summed E-state index contributed by atoms with van der Waals surface area (Å²) in [4.78, 5) is 0. The van der Waals surface area contributed by atoms with Gasteiger partial charge in [-0.25, -0.2) is 4.39 Å². The van der Waals surface area contributed by atoms with Gasteiger partial charge in [-0.05, 0) is 36.4 Å². The van der Waals surface area contributed by atoms with Crippen LogP contribution >= 0.6 is 15.9 Å². The number of ether oxygens (including phenoxy) is 1. The molecular formula is C13H9BrF4N2O. The summed E-state index contributed by atoms with van der Waals surface area (Å²) in [6.45, 7) is 0. The second-order valence-electron chi connectivity index (χ2n) is 4.04. The highest BCUT2D eigenvalue weighted by molar-refractivity contribution is 9.10. The number of halogens is 5. The highest BCUT2D eigenvalue weighted by atomic mass is 79.9. The average molecular weight is 365 g/mol. The summed E-state index contributed by atoms with van der Waals surface area (Å²) in [6, 6.07) is 7.60. The van der Waals surface area contributed by atoms with Gasteiger partial charge in [0, 0.05) is 4.47 Å². The summed E-state index contributed by atoms with van der Waals surface area (Å²) in [7, 11) is 0. The number of alkyl halides is 3. The Morgan fingerprint density at radius 2 is 1.71 bits per heavy atom. The molecule has 0 aliphatic carbocycles. The van der Waals surface area contributed by atoms with Gasteiger partial charge in [0.15, 0.2) is 5.75 Å². The monoisotopic (exact) mass is 364 g/mol. The Bertz CT molecular complexity index is 661. The van der Waals surface area contributed by atoms with Crippen molar-refractivity contribution in [3.8, 4) is 5.75 Å². The Kier molecular flexibility index (Phi) is 4.26. The van der Waals surface area contributed by atoms with Crippen molar-refractivity contribution in [2.45, 2.75) is 6.36 Å². The summed E-state index contributed by atoms with van der Waals surface area (Å²) in [6.07, 6.45) is -4.83. The highest BCUT2D eigenvalue weighted by Crippen LogP contribution is 2.35. The van der Waals surface area contributed by atoms with Crippen molar-refractivity contribution in [1.29, 1.82) is 0 Å². The lowest BCUT2D eigenvalue weighted by molar-refractivity contribution is -0.274. The maximum absolute atomic E-state index is 13.0. The van der Waals surface area contributed by atoms with E-state index in [0.717, 1.165) is 18.2 Å². The van der Waals surface area contributed by atoms with Crippen molar-refractivity contribution >= 4 is 33.0 Å². The van der Waals surface area contributed by atoms with E-state index in [1.165, 1.54) is 18.2 Å². The second-order valence-corrected chi connectivity index (χ2v) is 4.96. The summed E-state index contributed by atoms with van der Waals surface area (Å²) < 4.78 is 54.5. The number of nitrogen functional groups attached to an aromatic ring is 1. The largest absolute Gasteiger partial charge is 0.573 e. The van der Waals surface area contributed by atoms with Crippen LogP contribution in [0.5, 0.6) is 5.75 Å². The molecule has 0 amide bonds. The number of hydrogen-bond acceptors (Lipinski definition) is 3. The molecule has 2 rings (SSSR count). The SMILES string of the molecule is Nc1cc(F)ccc1Nc1ccc(Br)cc1OC(F)(F)F. The van der Waals surface area contributed by atoms with Crippen molar-refractivity contribution < 1.29 is 22.3 Å². The molecule has 0 unspecified atom stereocenters. The number of rotatable bonds is 3. The first-order valence-corrected chi connectivity index (χ1v) is 6.41.